The molecule has 0 aliphatic carbocycles. The van der Waals surface area contributed by atoms with Crippen molar-refractivity contribution in [3.8, 4) is 0 Å². The number of hydrogen-bond donors (Lipinski definition) is 1. The predicted molar refractivity (Wildman–Crippen MR) is 68.3 cm³/mol. The molecule has 0 aliphatic rings. The SMILES string of the molecule is CCN(CCc1cccnc1)CC(C)CN. The molecule has 0 saturated carbocycles. The van der Waals surface area contributed by atoms with Gasteiger partial charge < -0.3 is 10.6 Å². The number of pyridine rings is 1. The first kappa shape index (κ1) is 13.1. The van der Waals surface area contributed by atoms with Crippen molar-refractivity contribution in [3.05, 3.63) is 30.1 Å². The second kappa shape index (κ2) is 7.36. The van der Waals surface area contributed by atoms with Crippen LogP contribution in [-0.4, -0.2) is 36.1 Å². The molecule has 0 amide bonds. The van der Waals surface area contributed by atoms with E-state index in [0.717, 1.165) is 32.6 Å². The molecule has 2 N–H and O–H groups in total. The summed E-state index contributed by atoms with van der Waals surface area (Å²) in [7, 11) is 0. The third kappa shape index (κ3) is 4.73. The summed E-state index contributed by atoms with van der Waals surface area (Å²) in [5.74, 6) is 0.578. The number of hydrogen-bond acceptors (Lipinski definition) is 3. The molecule has 16 heavy (non-hydrogen) atoms. The third-order valence-corrected chi connectivity index (χ3v) is 2.86. The van der Waals surface area contributed by atoms with Crippen LogP contribution in [0.4, 0.5) is 0 Å². The Bertz CT molecular complexity index is 274. The second-order valence-corrected chi connectivity index (χ2v) is 4.35. The Morgan fingerprint density at radius 3 is 2.88 bits per heavy atom. The highest BCUT2D eigenvalue weighted by Gasteiger charge is 2.07. The zero-order valence-corrected chi connectivity index (χ0v) is 10.4. The maximum atomic E-state index is 5.65. The minimum Gasteiger partial charge on any atom is -0.330 e. The Kier molecular flexibility index (Phi) is 6.04. The Labute approximate surface area is 98.7 Å². The van der Waals surface area contributed by atoms with Gasteiger partial charge in [-0.25, -0.2) is 0 Å². The molecule has 3 nitrogen and oxygen atoms in total. The fourth-order valence-corrected chi connectivity index (χ4v) is 1.73. The van der Waals surface area contributed by atoms with Crippen LogP contribution in [-0.2, 0) is 6.42 Å². The third-order valence-electron chi connectivity index (χ3n) is 2.86. The molecule has 0 radical (unpaired) electrons. The number of nitrogens with zero attached hydrogens (tertiary/aromatic N) is 2. The van der Waals surface area contributed by atoms with Crippen LogP contribution in [0.1, 0.15) is 19.4 Å². The van der Waals surface area contributed by atoms with Crippen LogP contribution in [0.15, 0.2) is 24.5 Å². The topological polar surface area (TPSA) is 42.2 Å². The standard InChI is InChI=1S/C13H23N3/c1-3-16(11-12(2)9-14)8-6-13-5-4-7-15-10-13/h4-5,7,10,12H,3,6,8-9,11,14H2,1-2H3. The Balaban J connectivity index is 2.34. The highest BCUT2D eigenvalue weighted by Crippen LogP contribution is 2.02. The first-order valence-electron chi connectivity index (χ1n) is 6.07. The zero-order valence-electron chi connectivity index (χ0n) is 10.4. The van der Waals surface area contributed by atoms with E-state index in [4.69, 9.17) is 5.73 Å². The van der Waals surface area contributed by atoms with Gasteiger partial charge in [0.1, 0.15) is 0 Å². The lowest BCUT2D eigenvalue weighted by molar-refractivity contribution is 0.254. The van der Waals surface area contributed by atoms with Crippen LogP contribution >= 0.6 is 0 Å². The second-order valence-electron chi connectivity index (χ2n) is 4.35. The van der Waals surface area contributed by atoms with Gasteiger partial charge in [-0.1, -0.05) is 19.9 Å². The van der Waals surface area contributed by atoms with Gasteiger partial charge in [-0.15, -0.1) is 0 Å². The Hall–Kier alpha value is -0.930. The van der Waals surface area contributed by atoms with Gasteiger partial charge in [-0.3, -0.25) is 4.98 Å². The number of rotatable bonds is 7. The minimum atomic E-state index is 0.578. The molecule has 1 aromatic rings. The number of nitrogens with two attached hydrogens (primary N) is 1. The van der Waals surface area contributed by atoms with E-state index in [9.17, 15) is 0 Å². The average Bonchev–Trinajstić information content (AvgIpc) is 2.35. The van der Waals surface area contributed by atoms with Crippen molar-refractivity contribution in [2.24, 2.45) is 11.7 Å². The molecule has 1 atom stereocenters. The molecule has 0 bridgehead atoms. The van der Waals surface area contributed by atoms with Crippen molar-refractivity contribution in [1.82, 2.24) is 9.88 Å². The summed E-state index contributed by atoms with van der Waals surface area (Å²) in [4.78, 5) is 6.58. The van der Waals surface area contributed by atoms with Crippen LogP contribution in [0.3, 0.4) is 0 Å². The summed E-state index contributed by atoms with van der Waals surface area (Å²) >= 11 is 0. The van der Waals surface area contributed by atoms with Crippen LogP contribution in [0.2, 0.25) is 0 Å². The monoisotopic (exact) mass is 221 g/mol. The van der Waals surface area contributed by atoms with Crippen molar-refractivity contribution in [3.63, 3.8) is 0 Å². The van der Waals surface area contributed by atoms with Crippen molar-refractivity contribution >= 4 is 0 Å². The van der Waals surface area contributed by atoms with E-state index in [1.54, 1.807) is 0 Å². The van der Waals surface area contributed by atoms with Gasteiger partial charge in [-0.2, -0.15) is 0 Å². The molecule has 1 heterocycles. The molecule has 0 aliphatic heterocycles. The van der Waals surface area contributed by atoms with E-state index < -0.39 is 0 Å². The van der Waals surface area contributed by atoms with Gasteiger partial charge in [0.25, 0.3) is 0 Å². The summed E-state index contributed by atoms with van der Waals surface area (Å²) in [5, 5.41) is 0. The first-order valence-corrected chi connectivity index (χ1v) is 6.07. The predicted octanol–water partition coefficient (Wildman–Crippen LogP) is 1.54. The molecule has 0 saturated heterocycles. The highest BCUT2D eigenvalue weighted by molar-refractivity contribution is 5.08. The molecule has 0 spiro atoms. The molecule has 1 rings (SSSR count). The molecule has 1 unspecified atom stereocenters. The fourth-order valence-electron chi connectivity index (χ4n) is 1.73. The van der Waals surface area contributed by atoms with Gasteiger partial charge in [0.05, 0.1) is 0 Å². The van der Waals surface area contributed by atoms with Gasteiger partial charge in [-0.05, 0) is 37.1 Å². The largest absolute Gasteiger partial charge is 0.330 e. The summed E-state index contributed by atoms with van der Waals surface area (Å²) in [6, 6.07) is 4.13. The highest BCUT2D eigenvalue weighted by atomic mass is 15.1. The molecule has 90 valence electrons. The van der Waals surface area contributed by atoms with Crippen molar-refractivity contribution in [2.75, 3.05) is 26.2 Å². The number of likely N-dealkylation sites (N-methyl/N-ethyl adjacent to an activating group) is 1. The van der Waals surface area contributed by atoms with Gasteiger partial charge in [0, 0.05) is 25.5 Å². The van der Waals surface area contributed by atoms with Gasteiger partial charge in [0.2, 0.25) is 0 Å². The fraction of sp³-hybridized carbons (Fsp3) is 0.615. The van der Waals surface area contributed by atoms with E-state index in [1.807, 2.05) is 18.5 Å². The Morgan fingerprint density at radius 2 is 2.31 bits per heavy atom. The zero-order chi connectivity index (χ0) is 11.8. The summed E-state index contributed by atoms with van der Waals surface area (Å²) in [5.41, 5.74) is 6.95. The quantitative estimate of drug-likeness (QED) is 0.759. The van der Waals surface area contributed by atoms with E-state index >= 15 is 0 Å². The molecule has 0 fully saturated rings. The molecule has 1 aromatic heterocycles. The molecular weight excluding hydrogens is 198 g/mol. The molecule has 0 aromatic carbocycles. The minimum absolute atomic E-state index is 0.578. The lowest BCUT2D eigenvalue weighted by Gasteiger charge is -2.23. The van der Waals surface area contributed by atoms with Crippen LogP contribution in [0.5, 0.6) is 0 Å². The summed E-state index contributed by atoms with van der Waals surface area (Å²) in [6.07, 6.45) is 4.83. The summed E-state index contributed by atoms with van der Waals surface area (Å²) in [6.45, 7) is 8.44. The normalized spacial score (nSPS) is 13.0. The van der Waals surface area contributed by atoms with E-state index in [2.05, 4.69) is 29.8 Å². The van der Waals surface area contributed by atoms with Gasteiger partial charge in [0.15, 0.2) is 0 Å². The Morgan fingerprint density at radius 1 is 1.50 bits per heavy atom. The maximum Gasteiger partial charge on any atom is 0.0300 e. The van der Waals surface area contributed by atoms with Crippen molar-refractivity contribution in [1.29, 1.82) is 0 Å². The lowest BCUT2D eigenvalue weighted by Crippen LogP contribution is -2.33. The van der Waals surface area contributed by atoms with Crippen molar-refractivity contribution in [2.45, 2.75) is 20.3 Å². The van der Waals surface area contributed by atoms with E-state index in [0.29, 0.717) is 5.92 Å². The van der Waals surface area contributed by atoms with E-state index in [-0.39, 0.29) is 0 Å². The summed E-state index contributed by atoms with van der Waals surface area (Å²) < 4.78 is 0. The molecule has 3 heteroatoms. The van der Waals surface area contributed by atoms with Crippen LogP contribution < -0.4 is 5.73 Å². The van der Waals surface area contributed by atoms with Crippen molar-refractivity contribution < 1.29 is 0 Å². The lowest BCUT2D eigenvalue weighted by atomic mass is 10.1. The van der Waals surface area contributed by atoms with E-state index in [1.165, 1.54) is 5.56 Å². The van der Waals surface area contributed by atoms with Crippen LogP contribution in [0, 0.1) is 5.92 Å². The molecular formula is C13H23N3. The van der Waals surface area contributed by atoms with Gasteiger partial charge >= 0.3 is 0 Å². The average molecular weight is 221 g/mol. The smallest absolute Gasteiger partial charge is 0.0300 e. The number of aromatic nitrogens is 1. The first-order chi connectivity index (χ1) is 7.76. The maximum absolute atomic E-state index is 5.65. The van der Waals surface area contributed by atoms with Crippen LogP contribution in [0.25, 0.3) is 0 Å².